The molecular formula is C18H22. The molecule has 1 aromatic rings. The van der Waals surface area contributed by atoms with Gasteiger partial charge in [-0.3, -0.25) is 0 Å². The van der Waals surface area contributed by atoms with Gasteiger partial charge in [-0.1, -0.05) is 43.7 Å². The van der Waals surface area contributed by atoms with Crippen LogP contribution in [0, 0.1) is 17.3 Å². The highest BCUT2D eigenvalue weighted by molar-refractivity contribution is 5.73. The van der Waals surface area contributed by atoms with Gasteiger partial charge in [0.15, 0.2) is 0 Å². The largest absolute Gasteiger partial charge is 0.0799 e. The van der Waals surface area contributed by atoms with Gasteiger partial charge < -0.3 is 0 Å². The van der Waals surface area contributed by atoms with Gasteiger partial charge in [0, 0.05) is 0 Å². The lowest BCUT2D eigenvalue weighted by Crippen LogP contribution is -2.34. The fourth-order valence-corrected chi connectivity index (χ4v) is 4.91. The third-order valence-electron chi connectivity index (χ3n) is 5.88. The Labute approximate surface area is 110 Å². The lowest BCUT2D eigenvalue weighted by Gasteiger charge is -2.44. The molecule has 0 saturated heterocycles. The average Bonchev–Trinajstić information content (AvgIpc) is 2.80. The van der Waals surface area contributed by atoms with Crippen LogP contribution >= 0.6 is 0 Å². The predicted molar refractivity (Wildman–Crippen MR) is 76.3 cm³/mol. The molecule has 4 rings (SSSR count). The molecular weight excluding hydrogens is 216 g/mol. The highest BCUT2D eigenvalue weighted by atomic mass is 14.5. The maximum atomic E-state index is 2.59. The second kappa shape index (κ2) is 3.73. The van der Waals surface area contributed by atoms with Crippen molar-refractivity contribution in [3.63, 3.8) is 0 Å². The normalized spacial score (nSPS) is 37.5. The molecule has 0 nitrogen and oxygen atoms in total. The van der Waals surface area contributed by atoms with Crippen LogP contribution in [0.2, 0.25) is 0 Å². The van der Waals surface area contributed by atoms with E-state index >= 15 is 0 Å². The summed E-state index contributed by atoms with van der Waals surface area (Å²) in [5, 5.41) is 0. The topological polar surface area (TPSA) is 0 Å². The summed E-state index contributed by atoms with van der Waals surface area (Å²) in [6.07, 6.45) is 11.0. The van der Waals surface area contributed by atoms with Gasteiger partial charge in [0.25, 0.3) is 0 Å². The van der Waals surface area contributed by atoms with E-state index in [2.05, 4.69) is 37.3 Å². The molecule has 0 heterocycles. The van der Waals surface area contributed by atoms with Crippen LogP contribution in [0.3, 0.4) is 0 Å². The number of hydrogen-bond acceptors (Lipinski definition) is 0. The molecule has 3 aliphatic carbocycles. The quantitative estimate of drug-likeness (QED) is 0.606. The van der Waals surface area contributed by atoms with E-state index in [9.17, 15) is 0 Å². The van der Waals surface area contributed by atoms with Crippen molar-refractivity contribution in [1.82, 2.24) is 0 Å². The second-order valence-electron chi connectivity index (χ2n) is 6.82. The van der Waals surface area contributed by atoms with Gasteiger partial charge in [-0.15, -0.1) is 0 Å². The van der Waals surface area contributed by atoms with Crippen molar-refractivity contribution >= 4 is 5.57 Å². The summed E-state index contributed by atoms with van der Waals surface area (Å²) in [6.45, 7) is 2.54. The predicted octanol–water partition coefficient (Wildman–Crippen LogP) is 4.84. The standard InChI is InChI=1S/C18H22/c1-18-11-4-7-17(18)16-9-8-13-5-2-3-6-14(13)15(16)10-12-18/h2-3,5-6,10,16-17H,4,7-9,11-12H2,1H3/t16-,17+,18+/m1/s1. The van der Waals surface area contributed by atoms with Crippen LogP contribution in [0.5, 0.6) is 0 Å². The van der Waals surface area contributed by atoms with Crippen molar-refractivity contribution < 1.29 is 0 Å². The van der Waals surface area contributed by atoms with E-state index in [-0.39, 0.29) is 0 Å². The number of fused-ring (bicyclic) bond motifs is 5. The number of allylic oxidation sites excluding steroid dienone is 2. The van der Waals surface area contributed by atoms with Gasteiger partial charge in [0.2, 0.25) is 0 Å². The molecule has 0 heteroatoms. The maximum Gasteiger partial charge on any atom is -0.0122 e. The molecule has 0 radical (unpaired) electrons. The summed E-state index contributed by atoms with van der Waals surface area (Å²) in [6, 6.07) is 9.09. The fraction of sp³-hybridized carbons (Fsp3) is 0.556. The SMILES string of the molecule is C[C@]12CC=C3c4ccccc4CC[C@H]3[C@@H]1CCC2. The summed E-state index contributed by atoms with van der Waals surface area (Å²) in [5.41, 5.74) is 5.48. The third kappa shape index (κ3) is 1.38. The molecule has 18 heavy (non-hydrogen) atoms. The Bertz CT molecular complexity index is 511. The maximum absolute atomic E-state index is 2.59. The molecule has 3 aliphatic rings. The summed E-state index contributed by atoms with van der Waals surface area (Å²) in [5.74, 6) is 1.83. The number of hydrogen-bond donors (Lipinski definition) is 0. The number of rotatable bonds is 0. The molecule has 0 aliphatic heterocycles. The molecule has 94 valence electrons. The van der Waals surface area contributed by atoms with Gasteiger partial charge in [0.1, 0.15) is 0 Å². The summed E-state index contributed by atoms with van der Waals surface area (Å²) in [7, 11) is 0. The Morgan fingerprint density at radius 2 is 2.06 bits per heavy atom. The Morgan fingerprint density at radius 3 is 3.00 bits per heavy atom. The van der Waals surface area contributed by atoms with Crippen LogP contribution < -0.4 is 0 Å². The first-order chi connectivity index (χ1) is 8.78. The summed E-state index contributed by atoms with van der Waals surface area (Å²) < 4.78 is 0. The van der Waals surface area contributed by atoms with E-state index in [1.165, 1.54) is 38.5 Å². The lowest BCUT2D eigenvalue weighted by atomic mass is 9.60. The van der Waals surface area contributed by atoms with Gasteiger partial charge in [0.05, 0.1) is 0 Å². The van der Waals surface area contributed by atoms with Crippen molar-refractivity contribution in [3.8, 4) is 0 Å². The average molecular weight is 238 g/mol. The second-order valence-corrected chi connectivity index (χ2v) is 6.82. The van der Waals surface area contributed by atoms with Crippen molar-refractivity contribution in [2.45, 2.75) is 45.4 Å². The van der Waals surface area contributed by atoms with Crippen LogP contribution in [-0.2, 0) is 6.42 Å². The Morgan fingerprint density at radius 1 is 1.17 bits per heavy atom. The Hall–Kier alpha value is -1.04. The van der Waals surface area contributed by atoms with Crippen molar-refractivity contribution in [1.29, 1.82) is 0 Å². The molecule has 3 atom stereocenters. The molecule has 1 saturated carbocycles. The van der Waals surface area contributed by atoms with Crippen LogP contribution in [-0.4, -0.2) is 0 Å². The Kier molecular flexibility index (Phi) is 2.24. The highest BCUT2D eigenvalue weighted by Gasteiger charge is 2.46. The summed E-state index contributed by atoms with van der Waals surface area (Å²) >= 11 is 0. The van der Waals surface area contributed by atoms with Crippen LogP contribution in [0.1, 0.15) is 50.2 Å². The number of benzene rings is 1. The van der Waals surface area contributed by atoms with Gasteiger partial charge >= 0.3 is 0 Å². The smallest absolute Gasteiger partial charge is 0.0122 e. The molecule has 0 N–H and O–H groups in total. The molecule has 0 spiro atoms. The minimum Gasteiger partial charge on any atom is -0.0799 e. The molecule has 0 unspecified atom stereocenters. The Balaban J connectivity index is 1.81. The van der Waals surface area contributed by atoms with E-state index in [0.717, 1.165) is 11.8 Å². The first-order valence-electron chi connectivity index (χ1n) is 7.56. The third-order valence-corrected chi connectivity index (χ3v) is 5.88. The summed E-state index contributed by atoms with van der Waals surface area (Å²) in [4.78, 5) is 0. The van der Waals surface area contributed by atoms with E-state index < -0.39 is 0 Å². The van der Waals surface area contributed by atoms with E-state index in [4.69, 9.17) is 0 Å². The molecule has 0 bridgehead atoms. The first kappa shape index (κ1) is 10.8. The minimum absolute atomic E-state index is 0.625. The van der Waals surface area contributed by atoms with Gasteiger partial charge in [-0.2, -0.15) is 0 Å². The van der Waals surface area contributed by atoms with Gasteiger partial charge in [-0.25, -0.2) is 0 Å². The highest BCUT2D eigenvalue weighted by Crippen LogP contribution is 2.58. The van der Waals surface area contributed by atoms with Crippen LogP contribution in [0.4, 0.5) is 0 Å². The molecule has 0 amide bonds. The van der Waals surface area contributed by atoms with Crippen LogP contribution in [0.15, 0.2) is 30.3 Å². The minimum atomic E-state index is 0.625. The monoisotopic (exact) mass is 238 g/mol. The lowest BCUT2D eigenvalue weighted by molar-refractivity contribution is 0.168. The molecule has 1 aromatic carbocycles. The van der Waals surface area contributed by atoms with E-state index in [1.54, 1.807) is 16.7 Å². The van der Waals surface area contributed by atoms with E-state index in [0.29, 0.717) is 5.41 Å². The molecule has 1 fully saturated rings. The van der Waals surface area contributed by atoms with Crippen LogP contribution in [0.25, 0.3) is 5.57 Å². The fourth-order valence-electron chi connectivity index (χ4n) is 4.91. The first-order valence-corrected chi connectivity index (χ1v) is 7.56. The van der Waals surface area contributed by atoms with E-state index in [1.807, 2.05) is 0 Å². The zero-order valence-corrected chi connectivity index (χ0v) is 11.3. The zero-order chi connectivity index (χ0) is 12.2. The van der Waals surface area contributed by atoms with Crippen molar-refractivity contribution in [2.24, 2.45) is 17.3 Å². The van der Waals surface area contributed by atoms with Gasteiger partial charge in [-0.05, 0) is 66.1 Å². The van der Waals surface area contributed by atoms with Crippen molar-refractivity contribution in [2.75, 3.05) is 0 Å². The van der Waals surface area contributed by atoms with Crippen molar-refractivity contribution in [3.05, 3.63) is 41.5 Å². The zero-order valence-electron chi connectivity index (χ0n) is 11.3. The molecule has 0 aromatic heterocycles. The number of aryl methyl sites for hydroxylation is 1.